The fourth-order valence-electron chi connectivity index (χ4n) is 4.15. The molecule has 0 aliphatic carbocycles. The first-order chi connectivity index (χ1) is 18.1. The summed E-state index contributed by atoms with van der Waals surface area (Å²) in [6, 6.07) is 16.9. The number of rotatable bonds is 7. The van der Waals surface area contributed by atoms with Crippen LogP contribution in [0, 0.1) is 11.8 Å². The standard InChI is InChI=1S/C30H32N4O3/c1-3-15-32-29(35)25-11-13-26(14-12-25)33-16-18-34(19-17-33)30(36)28-8-6-5-7-24(28)10-9-23-20-27(37-4-2)22-31-21-23/h5-8,11-14,20-22H,3-4,15-19H2,1-2H3,(H,32,35). The molecule has 1 saturated heterocycles. The Balaban J connectivity index is 1.40. The van der Waals surface area contributed by atoms with E-state index in [2.05, 4.69) is 27.0 Å². The number of nitrogens with zero attached hydrogens (tertiary/aromatic N) is 3. The number of pyridine rings is 1. The molecule has 190 valence electrons. The van der Waals surface area contributed by atoms with Gasteiger partial charge in [-0.1, -0.05) is 30.9 Å². The first kappa shape index (κ1) is 25.8. The summed E-state index contributed by atoms with van der Waals surface area (Å²) in [4.78, 5) is 33.8. The van der Waals surface area contributed by atoms with Crippen molar-refractivity contribution in [2.75, 3.05) is 44.2 Å². The van der Waals surface area contributed by atoms with Crippen LogP contribution in [0.2, 0.25) is 0 Å². The number of amides is 2. The third-order valence-corrected chi connectivity index (χ3v) is 6.12. The van der Waals surface area contributed by atoms with E-state index < -0.39 is 0 Å². The topological polar surface area (TPSA) is 74.8 Å². The van der Waals surface area contributed by atoms with Crippen LogP contribution in [0.5, 0.6) is 5.75 Å². The van der Waals surface area contributed by atoms with Gasteiger partial charge in [0, 0.05) is 61.3 Å². The summed E-state index contributed by atoms with van der Waals surface area (Å²) in [6.07, 6.45) is 4.25. The number of ether oxygens (including phenoxy) is 1. The molecule has 2 heterocycles. The molecule has 4 rings (SSSR count). The minimum absolute atomic E-state index is 0.0197. The Labute approximate surface area is 218 Å². The molecular weight excluding hydrogens is 464 g/mol. The zero-order valence-corrected chi connectivity index (χ0v) is 21.4. The average molecular weight is 497 g/mol. The van der Waals surface area contributed by atoms with E-state index in [1.165, 1.54) is 0 Å². The van der Waals surface area contributed by atoms with E-state index in [1.54, 1.807) is 12.4 Å². The van der Waals surface area contributed by atoms with Gasteiger partial charge in [0.05, 0.1) is 18.4 Å². The van der Waals surface area contributed by atoms with Gasteiger partial charge >= 0.3 is 0 Å². The van der Waals surface area contributed by atoms with Crippen LogP contribution in [0.4, 0.5) is 5.69 Å². The first-order valence-corrected chi connectivity index (χ1v) is 12.7. The van der Waals surface area contributed by atoms with Crippen molar-refractivity contribution >= 4 is 17.5 Å². The minimum atomic E-state index is -0.0520. The summed E-state index contributed by atoms with van der Waals surface area (Å²) < 4.78 is 5.50. The minimum Gasteiger partial charge on any atom is -0.492 e. The van der Waals surface area contributed by atoms with E-state index in [9.17, 15) is 9.59 Å². The second kappa shape index (κ2) is 12.6. The highest BCUT2D eigenvalue weighted by atomic mass is 16.5. The van der Waals surface area contributed by atoms with Crippen molar-refractivity contribution in [1.82, 2.24) is 15.2 Å². The first-order valence-electron chi connectivity index (χ1n) is 12.7. The number of benzene rings is 2. The number of piperazine rings is 1. The Bertz CT molecular complexity index is 1290. The van der Waals surface area contributed by atoms with E-state index in [-0.39, 0.29) is 11.8 Å². The second-order valence-corrected chi connectivity index (χ2v) is 8.72. The Morgan fingerprint density at radius 2 is 1.73 bits per heavy atom. The number of carbonyl (C=O) groups is 2. The Kier molecular flexibility index (Phi) is 8.77. The largest absolute Gasteiger partial charge is 0.492 e. The van der Waals surface area contributed by atoms with Gasteiger partial charge in [-0.05, 0) is 55.8 Å². The lowest BCUT2D eigenvalue weighted by Crippen LogP contribution is -2.49. The maximum absolute atomic E-state index is 13.4. The highest BCUT2D eigenvalue weighted by Gasteiger charge is 2.23. The highest BCUT2D eigenvalue weighted by Crippen LogP contribution is 2.19. The van der Waals surface area contributed by atoms with Crippen molar-refractivity contribution in [2.24, 2.45) is 0 Å². The van der Waals surface area contributed by atoms with Gasteiger partial charge in [0.15, 0.2) is 0 Å². The predicted molar refractivity (Wildman–Crippen MR) is 145 cm³/mol. The molecule has 0 unspecified atom stereocenters. The summed E-state index contributed by atoms with van der Waals surface area (Å²) in [5.41, 5.74) is 3.72. The molecule has 1 fully saturated rings. The molecular formula is C30H32N4O3. The average Bonchev–Trinajstić information content (AvgIpc) is 2.95. The molecule has 0 atom stereocenters. The van der Waals surface area contributed by atoms with Crippen molar-refractivity contribution < 1.29 is 14.3 Å². The third kappa shape index (κ3) is 6.68. The van der Waals surface area contributed by atoms with Crippen molar-refractivity contribution in [2.45, 2.75) is 20.3 Å². The van der Waals surface area contributed by atoms with Crippen LogP contribution in [-0.4, -0.2) is 61.0 Å². The Morgan fingerprint density at radius 1 is 0.973 bits per heavy atom. The van der Waals surface area contributed by atoms with Crippen LogP contribution in [0.3, 0.4) is 0 Å². The summed E-state index contributed by atoms with van der Waals surface area (Å²) >= 11 is 0. The molecule has 2 amide bonds. The molecule has 7 heteroatoms. The molecule has 3 aromatic rings. The van der Waals surface area contributed by atoms with Crippen LogP contribution in [0.1, 0.15) is 52.1 Å². The van der Waals surface area contributed by atoms with Crippen molar-refractivity contribution in [3.8, 4) is 17.6 Å². The lowest BCUT2D eigenvalue weighted by molar-refractivity contribution is 0.0746. The molecule has 0 spiro atoms. The van der Waals surface area contributed by atoms with E-state index in [0.717, 1.165) is 30.8 Å². The summed E-state index contributed by atoms with van der Waals surface area (Å²) in [5, 5.41) is 2.90. The van der Waals surface area contributed by atoms with Crippen molar-refractivity contribution in [3.05, 3.63) is 89.2 Å². The zero-order valence-electron chi connectivity index (χ0n) is 21.4. The second-order valence-electron chi connectivity index (χ2n) is 8.72. The molecule has 7 nitrogen and oxygen atoms in total. The Hall–Kier alpha value is -4.31. The van der Waals surface area contributed by atoms with Gasteiger partial charge in [0.1, 0.15) is 5.75 Å². The van der Waals surface area contributed by atoms with Gasteiger partial charge in [0.25, 0.3) is 11.8 Å². The molecule has 1 aliphatic rings. The van der Waals surface area contributed by atoms with Crippen molar-refractivity contribution in [1.29, 1.82) is 0 Å². The fourth-order valence-corrected chi connectivity index (χ4v) is 4.15. The van der Waals surface area contributed by atoms with Crippen molar-refractivity contribution in [3.63, 3.8) is 0 Å². The zero-order chi connectivity index (χ0) is 26.0. The molecule has 0 saturated carbocycles. The number of anilines is 1. The summed E-state index contributed by atoms with van der Waals surface area (Å²) in [7, 11) is 0. The van der Waals surface area contributed by atoms with Crippen LogP contribution >= 0.6 is 0 Å². The SMILES string of the molecule is CCCNC(=O)c1ccc(N2CCN(C(=O)c3ccccc3C#Cc3cncc(OCC)c3)CC2)cc1. The number of aromatic nitrogens is 1. The number of hydrogen-bond donors (Lipinski definition) is 1. The van der Waals surface area contributed by atoms with Crippen LogP contribution < -0.4 is 15.0 Å². The normalized spacial score (nSPS) is 12.9. The van der Waals surface area contributed by atoms with Gasteiger partial charge in [0.2, 0.25) is 0 Å². The van der Waals surface area contributed by atoms with Gasteiger partial charge in [-0.3, -0.25) is 14.6 Å². The summed E-state index contributed by atoms with van der Waals surface area (Å²) in [6.45, 7) is 7.84. The quantitative estimate of drug-likeness (QED) is 0.501. The summed E-state index contributed by atoms with van der Waals surface area (Å²) in [5.74, 6) is 6.85. The molecule has 2 aromatic carbocycles. The smallest absolute Gasteiger partial charge is 0.255 e. The van der Waals surface area contributed by atoms with Crippen LogP contribution in [0.15, 0.2) is 67.0 Å². The molecule has 1 aromatic heterocycles. The molecule has 0 radical (unpaired) electrons. The van der Waals surface area contributed by atoms with Gasteiger partial charge in [-0.2, -0.15) is 0 Å². The van der Waals surface area contributed by atoms with E-state index in [0.29, 0.717) is 48.7 Å². The maximum atomic E-state index is 13.4. The van der Waals surface area contributed by atoms with Crippen LogP contribution in [-0.2, 0) is 0 Å². The van der Waals surface area contributed by atoms with Gasteiger partial charge in [-0.25, -0.2) is 0 Å². The molecule has 37 heavy (non-hydrogen) atoms. The lowest BCUT2D eigenvalue weighted by atomic mass is 10.1. The highest BCUT2D eigenvalue weighted by molar-refractivity contribution is 5.97. The Morgan fingerprint density at radius 3 is 2.46 bits per heavy atom. The number of hydrogen-bond acceptors (Lipinski definition) is 5. The fraction of sp³-hybridized carbons (Fsp3) is 0.300. The van der Waals surface area contributed by atoms with Crippen LogP contribution in [0.25, 0.3) is 0 Å². The van der Waals surface area contributed by atoms with E-state index in [1.807, 2.05) is 73.3 Å². The molecule has 0 bridgehead atoms. The molecule has 1 aliphatic heterocycles. The predicted octanol–water partition coefficient (Wildman–Crippen LogP) is 3.98. The maximum Gasteiger partial charge on any atom is 0.255 e. The number of carbonyl (C=O) groups excluding carboxylic acids is 2. The number of nitrogens with one attached hydrogen (secondary N) is 1. The van der Waals surface area contributed by atoms with E-state index >= 15 is 0 Å². The van der Waals surface area contributed by atoms with Gasteiger partial charge in [-0.15, -0.1) is 0 Å². The van der Waals surface area contributed by atoms with E-state index in [4.69, 9.17) is 4.74 Å². The van der Waals surface area contributed by atoms with Gasteiger partial charge < -0.3 is 19.9 Å². The monoisotopic (exact) mass is 496 g/mol. The molecule has 1 N–H and O–H groups in total. The third-order valence-electron chi connectivity index (χ3n) is 6.12. The lowest BCUT2D eigenvalue weighted by Gasteiger charge is -2.36.